The predicted molar refractivity (Wildman–Crippen MR) is 65.6 cm³/mol. The molecule has 4 nitrogen and oxygen atoms in total. The molecule has 1 aromatic carbocycles. The summed E-state index contributed by atoms with van der Waals surface area (Å²) in [6, 6.07) is 9.76. The standard InChI is InChI=1S/C13H11ClO4/c1-17-13(16)11-6-5-10(18-11)12(15)8-3-2-4-9(14)7-8/h2-7,12,15H,1H3. The molecular weight excluding hydrogens is 256 g/mol. The van der Waals surface area contributed by atoms with E-state index in [1.165, 1.54) is 19.2 Å². The fourth-order valence-corrected chi connectivity index (χ4v) is 1.75. The lowest BCUT2D eigenvalue weighted by Gasteiger charge is -2.08. The van der Waals surface area contributed by atoms with Crippen molar-refractivity contribution in [1.29, 1.82) is 0 Å². The Kier molecular flexibility index (Phi) is 3.69. The van der Waals surface area contributed by atoms with Crippen LogP contribution in [0.1, 0.15) is 28.0 Å². The van der Waals surface area contributed by atoms with Gasteiger partial charge in [0.25, 0.3) is 0 Å². The molecule has 1 heterocycles. The molecule has 0 spiro atoms. The summed E-state index contributed by atoms with van der Waals surface area (Å²) in [5.74, 6) is -0.272. The van der Waals surface area contributed by atoms with Crippen molar-refractivity contribution in [3.8, 4) is 0 Å². The average molecular weight is 267 g/mol. The van der Waals surface area contributed by atoms with E-state index >= 15 is 0 Å². The lowest BCUT2D eigenvalue weighted by molar-refractivity contribution is 0.0558. The molecule has 5 heteroatoms. The van der Waals surface area contributed by atoms with E-state index in [9.17, 15) is 9.90 Å². The fourth-order valence-electron chi connectivity index (χ4n) is 1.55. The van der Waals surface area contributed by atoms with Gasteiger partial charge in [-0.3, -0.25) is 0 Å². The summed E-state index contributed by atoms with van der Waals surface area (Å²) in [6.07, 6.45) is -0.970. The molecule has 2 aromatic rings. The number of rotatable bonds is 3. The topological polar surface area (TPSA) is 59.7 Å². The second kappa shape index (κ2) is 5.25. The van der Waals surface area contributed by atoms with Crippen LogP contribution < -0.4 is 0 Å². The van der Waals surface area contributed by atoms with Gasteiger partial charge in [-0.1, -0.05) is 23.7 Å². The Bertz CT molecular complexity index is 562. The normalized spacial score (nSPS) is 12.2. The van der Waals surface area contributed by atoms with Crippen LogP contribution in [0.15, 0.2) is 40.8 Å². The second-order valence-electron chi connectivity index (χ2n) is 3.65. The molecule has 0 aliphatic carbocycles. The maximum absolute atomic E-state index is 11.2. The number of hydrogen-bond donors (Lipinski definition) is 1. The molecule has 0 aliphatic rings. The predicted octanol–water partition coefficient (Wildman–Crippen LogP) is 2.80. The van der Waals surface area contributed by atoms with E-state index in [0.29, 0.717) is 10.6 Å². The largest absolute Gasteiger partial charge is 0.463 e. The third kappa shape index (κ3) is 2.55. The summed E-state index contributed by atoms with van der Waals surface area (Å²) in [7, 11) is 1.26. The van der Waals surface area contributed by atoms with E-state index in [2.05, 4.69) is 4.74 Å². The SMILES string of the molecule is COC(=O)c1ccc(C(O)c2cccc(Cl)c2)o1. The van der Waals surface area contributed by atoms with E-state index < -0.39 is 12.1 Å². The molecule has 0 radical (unpaired) electrons. The quantitative estimate of drug-likeness (QED) is 0.868. The van der Waals surface area contributed by atoms with Crippen LogP contribution in [0.3, 0.4) is 0 Å². The second-order valence-corrected chi connectivity index (χ2v) is 4.09. The number of benzene rings is 1. The van der Waals surface area contributed by atoms with E-state index in [4.69, 9.17) is 16.0 Å². The zero-order valence-electron chi connectivity index (χ0n) is 9.59. The molecule has 2 rings (SSSR count). The average Bonchev–Trinajstić information content (AvgIpc) is 2.86. The number of hydrogen-bond acceptors (Lipinski definition) is 4. The summed E-state index contributed by atoms with van der Waals surface area (Å²) >= 11 is 5.84. The number of furan rings is 1. The van der Waals surface area contributed by atoms with Crippen LogP contribution in [0, 0.1) is 0 Å². The molecule has 18 heavy (non-hydrogen) atoms. The minimum absolute atomic E-state index is 0.0496. The third-order valence-corrected chi connectivity index (χ3v) is 2.68. The van der Waals surface area contributed by atoms with Gasteiger partial charge in [0.15, 0.2) is 0 Å². The highest BCUT2D eigenvalue weighted by Gasteiger charge is 2.18. The lowest BCUT2D eigenvalue weighted by atomic mass is 10.1. The lowest BCUT2D eigenvalue weighted by Crippen LogP contribution is -2.00. The molecule has 94 valence electrons. The van der Waals surface area contributed by atoms with Crippen molar-refractivity contribution < 1.29 is 19.1 Å². The van der Waals surface area contributed by atoms with E-state index in [1.807, 2.05) is 0 Å². The molecule has 0 bridgehead atoms. The van der Waals surface area contributed by atoms with Gasteiger partial charge in [0, 0.05) is 5.02 Å². The summed E-state index contributed by atoms with van der Waals surface area (Å²) in [5.41, 5.74) is 0.591. The number of ether oxygens (including phenoxy) is 1. The number of esters is 1. The van der Waals surface area contributed by atoms with Crippen molar-refractivity contribution in [2.75, 3.05) is 7.11 Å². The Morgan fingerprint density at radius 3 is 2.83 bits per heavy atom. The first kappa shape index (κ1) is 12.7. The highest BCUT2D eigenvalue weighted by atomic mass is 35.5. The number of carbonyl (C=O) groups excluding carboxylic acids is 1. The van der Waals surface area contributed by atoms with Gasteiger partial charge >= 0.3 is 5.97 Å². The molecule has 0 saturated carbocycles. The van der Waals surface area contributed by atoms with Crippen LogP contribution in [-0.4, -0.2) is 18.2 Å². The molecule has 0 fully saturated rings. The molecular formula is C13H11ClO4. The first-order valence-electron chi connectivity index (χ1n) is 5.23. The van der Waals surface area contributed by atoms with Crippen LogP contribution in [0.4, 0.5) is 0 Å². The summed E-state index contributed by atoms with van der Waals surface area (Å²) in [5, 5.41) is 10.6. The van der Waals surface area contributed by atoms with Gasteiger partial charge in [-0.25, -0.2) is 4.79 Å². The third-order valence-electron chi connectivity index (χ3n) is 2.45. The smallest absolute Gasteiger partial charge is 0.373 e. The van der Waals surface area contributed by atoms with Gasteiger partial charge in [0.05, 0.1) is 7.11 Å². The van der Waals surface area contributed by atoms with Gasteiger partial charge in [-0.2, -0.15) is 0 Å². The minimum Gasteiger partial charge on any atom is -0.463 e. The highest BCUT2D eigenvalue weighted by molar-refractivity contribution is 6.30. The van der Waals surface area contributed by atoms with Crippen LogP contribution in [-0.2, 0) is 4.74 Å². The number of aliphatic hydroxyl groups is 1. The maximum Gasteiger partial charge on any atom is 0.373 e. The molecule has 0 saturated heterocycles. The summed E-state index contributed by atoms with van der Waals surface area (Å²) < 4.78 is 9.74. The van der Waals surface area contributed by atoms with E-state index in [0.717, 1.165) is 0 Å². The van der Waals surface area contributed by atoms with Gasteiger partial charge < -0.3 is 14.3 Å². The molecule has 0 amide bonds. The Morgan fingerprint density at radius 1 is 1.39 bits per heavy atom. The van der Waals surface area contributed by atoms with Crippen molar-refractivity contribution in [2.24, 2.45) is 0 Å². The van der Waals surface area contributed by atoms with E-state index in [1.54, 1.807) is 24.3 Å². The highest BCUT2D eigenvalue weighted by Crippen LogP contribution is 2.25. The molecule has 1 unspecified atom stereocenters. The van der Waals surface area contributed by atoms with Crippen molar-refractivity contribution in [1.82, 2.24) is 0 Å². The van der Waals surface area contributed by atoms with Crippen LogP contribution in [0.5, 0.6) is 0 Å². The Hall–Kier alpha value is -1.78. The van der Waals surface area contributed by atoms with E-state index in [-0.39, 0.29) is 11.5 Å². The number of carbonyl (C=O) groups is 1. The first-order chi connectivity index (χ1) is 8.61. The monoisotopic (exact) mass is 266 g/mol. The first-order valence-corrected chi connectivity index (χ1v) is 5.61. The van der Waals surface area contributed by atoms with Gasteiger partial charge in [0.1, 0.15) is 11.9 Å². The number of halogens is 1. The zero-order chi connectivity index (χ0) is 13.1. The summed E-state index contributed by atoms with van der Waals surface area (Å²) in [4.78, 5) is 11.2. The van der Waals surface area contributed by atoms with Crippen LogP contribution in [0.25, 0.3) is 0 Å². The van der Waals surface area contributed by atoms with Crippen molar-refractivity contribution in [3.63, 3.8) is 0 Å². The Labute approximate surface area is 109 Å². The van der Waals surface area contributed by atoms with Gasteiger partial charge in [0.2, 0.25) is 5.76 Å². The van der Waals surface area contributed by atoms with Crippen LogP contribution in [0.2, 0.25) is 5.02 Å². The molecule has 0 aliphatic heterocycles. The minimum atomic E-state index is -0.970. The molecule has 1 aromatic heterocycles. The number of aliphatic hydroxyl groups excluding tert-OH is 1. The zero-order valence-corrected chi connectivity index (χ0v) is 10.3. The van der Waals surface area contributed by atoms with Crippen molar-refractivity contribution in [3.05, 3.63) is 58.5 Å². The Balaban J connectivity index is 2.26. The molecule has 1 N–H and O–H groups in total. The summed E-state index contributed by atoms with van der Waals surface area (Å²) in [6.45, 7) is 0. The number of methoxy groups -OCH3 is 1. The van der Waals surface area contributed by atoms with Crippen LogP contribution >= 0.6 is 11.6 Å². The van der Waals surface area contributed by atoms with Crippen molar-refractivity contribution >= 4 is 17.6 Å². The van der Waals surface area contributed by atoms with Crippen molar-refractivity contribution in [2.45, 2.75) is 6.10 Å². The fraction of sp³-hybridized carbons (Fsp3) is 0.154. The van der Waals surface area contributed by atoms with Gasteiger partial charge in [-0.05, 0) is 29.8 Å². The Morgan fingerprint density at radius 2 is 2.17 bits per heavy atom. The maximum atomic E-state index is 11.2. The molecule has 1 atom stereocenters. The van der Waals surface area contributed by atoms with Gasteiger partial charge in [-0.15, -0.1) is 0 Å².